The van der Waals surface area contributed by atoms with Crippen molar-refractivity contribution >= 4 is 23.1 Å². The van der Waals surface area contributed by atoms with E-state index in [-0.39, 0.29) is 0 Å². The number of hydrogen-bond donors (Lipinski definition) is 0. The summed E-state index contributed by atoms with van der Waals surface area (Å²) in [6.07, 6.45) is 0. The molecule has 4 rings (SSSR count). The van der Waals surface area contributed by atoms with Crippen LogP contribution < -0.4 is 0 Å². The van der Waals surface area contributed by atoms with Gasteiger partial charge in [-0.15, -0.1) is 31.7 Å². The van der Waals surface area contributed by atoms with Gasteiger partial charge < -0.3 is 8.98 Å². The van der Waals surface area contributed by atoms with Gasteiger partial charge in [-0.3, -0.25) is 0 Å². The van der Waals surface area contributed by atoms with Crippen LogP contribution in [-0.4, -0.2) is 25.0 Å². The summed E-state index contributed by atoms with van der Waals surface area (Å²) < 4.78 is 7.69. The van der Waals surface area contributed by atoms with E-state index in [9.17, 15) is 0 Å². The highest BCUT2D eigenvalue weighted by Gasteiger charge is 2.14. The van der Waals surface area contributed by atoms with Crippen LogP contribution >= 0.6 is 23.1 Å². The van der Waals surface area contributed by atoms with E-state index in [1.807, 2.05) is 41.3 Å². The van der Waals surface area contributed by atoms with Crippen molar-refractivity contribution in [3.63, 3.8) is 0 Å². The van der Waals surface area contributed by atoms with Crippen LogP contribution in [0.2, 0.25) is 0 Å². The third-order valence-electron chi connectivity index (χ3n) is 3.63. The quantitative estimate of drug-likeness (QED) is 0.491. The van der Waals surface area contributed by atoms with Crippen LogP contribution in [0.4, 0.5) is 0 Å². The maximum atomic E-state index is 5.71. The average Bonchev–Trinajstić information content (AvgIpc) is 3.34. The number of benzene rings is 1. The number of aromatic nitrogens is 5. The average molecular weight is 369 g/mol. The minimum atomic E-state index is 0.554. The molecule has 4 aromatic rings. The van der Waals surface area contributed by atoms with Crippen molar-refractivity contribution in [1.29, 1.82) is 0 Å². The largest absolute Gasteiger partial charge is 0.419 e. The standard InChI is InChI=1S/C17H15N5OS2/c1-11-5-3-6-12(9-11)15-19-21-17(22(15)2)25-10-14-18-20-16(23-14)13-7-4-8-24-13/h3-9H,10H2,1-2H3. The molecular formula is C17H15N5OS2. The van der Waals surface area contributed by atoms with Crippen molar-refractivity contribution in [3.8, 4) is 22.2 Å². The molecule has 0 aliphatic carbocycles. The number of rotatable bonds is 5. The lowest BCUT2D eigenvalue weighted by Crippen LogP contribution is -1.95. The zero-order valence-electron chi connectivity index (χ0n) is 13.7. The highest BCUT2D eigenvalue weighted by molar-refractivity contribution is 7.98. The third kappa shape index (κ3) is 3.35. The molecule has 0 bridgehead atoms. The Labute approximate surface area is 152 Å². The van der Waals surface area contributed by atoms with E-state index in [1.54, 1.807) is 11.3 Å². The van der Waals surface area contributed by atoms with Crippen molar-refractivity contribution in [2.45, 2.75) is 17.8 Å². The summed E-state index contributed by atoms with van der Waals surface area (Å²) in [7, 11) is 1.96. The Bertz CT molecular complexity index is 990. The topological polar surface area (TPSA) is 69.6 Å². The molecule has 0 radical (unpaired) electrons. The second-order valence-corrected chi connectivity index (χ2v) is 7.39. The Morgan fingerprint density at radius 1 is 1.12 bits per heavy atom. The van der Waals surface area contributed by atoms with Crippen LogP contribution in [0.15, 0.2) is 51.4 Å². The van der Waals surface area contributed by atoms with E-state index < -0.39 is 0 Å². The molecule has 0 unspecified atom stereocenters. The van der Waals surface area contributed by atoms with E-state index >= 15 is 0 Å². The van der Waals surface area contributed by atoms with Crippen molar-refractivity contribution in [2.75, 3.05) is 0 Å². The summed E-state index contributed by atoms with van der Waals surface area (Å²) in [6, 6.07) is 12.2. The molecule has 0 spiro atoms. The second-order valence-electron chi connectivity index (χ2n) is 5.50. The Balaban J connectivity index is 1.49. The Kier molecular flexibility index (Phi) is 4.37. The molecule has 8 heteroatoms. The smallest absolute Gasteiger partial charge is 0.257 e. The molecule has 0 N–H and O–H groups in total. The molecular weight excluding hydrogens is 354 g/mol. The van der Waals surface area contributed by atoms with Crippen LogP contribution in [0.1, 0.15) is 11.5 Å². The van der Waals surface area contributed by atoms with Gasteiger partial charge >= 0.3 is 0 Å². The van der Waals surface area contributed by atoms with Crippen molar-refractivity contribution < 1.29 is 4.42 Å². The lowest BCUT2D eigenvalue weighted by Gasteiger charge is -2.03. The maximum absolute atomic E-state index is 5.71. The number of nitrogens with zero attached hydrogens (tertiary/aromatic N) is 5. The molecule has 0 aliphatic rings. The first kappa shape index (κ1) is 16.0. The van der Waals surface area contributed by atoms with Gasteiger partial charge in [0.2, 0.25) is 5.89 Å². The SMILES string of the molecule is Cc1cccc(-c2nnc(SCc3nnc(-c4cccs4)o3)n2C)c1. The number of thioether (sulfide) groups is 1. The molecule has 6 nitrogen and oxygen atoms in total. The summed E-state index contributed by atoms with van der Waals surface area (Å²) in [4.78, 5) is 0.976. The number of hydrogen-bond acceptors (Lipinski definition) is 7. The molecule has 126 valence electrons. The van der Waals surface area contributed by atoms with Gasteiger partial charge in [0.1, 0.15) is 0 Å². The highest BCUT2D eigenvalue weighted by atomic mass is 32.2. The molecule has 0 fully saturated rings. The summed E-state index contributed by atoms with van der Waals surface area (Å²) in [5.41, 5.74) is 2.25. The van der Waals surface area contributed by atoms with Gasteiger partial charge in [0.25, 0.3) is 5.89 Å². The first-order valence-corrected chi connectivity index (χ1v) is 9.53. The highest BCUT2D eigenvalue weighted by Crippen LogP contribution is 2.27. The number of aryl methyl sites for hydroxylation is 1. The third-order valence-corrected chi connectivity index (χ3v) is 5.50. The molecule has 0 aliphatic heterocycles. The van der Waals surface area contributed by atoms with E-state index in [1.165, 1.54) is 17.3 Å². The normalized spacial score (nSPS) is 11.1. The monoisotopic (exact) mass is 369 g/mol. The lowest BCUT2D eigenvalue weighted by molar-refractivity contribution is 0.529. The Morgan fingerprint density at radius 3 is 2.84 bits per heavy atom. The Hall–Kier alpha value is -2.45. The molecule has 0 saturated heterocycles. The van der Waals surface area contributed by atoms with Crippen LogP contribution in [-0.2, 0) is 12.8 Å². The van der Waals surface area contributed by atoms with Gasteiger partial charge in [0, 0.05) is 12.6 Å². The van der Waals surface area contributed by atoms with Gasteiger partial charge in [0.15, 0.2) is 11.0 Å². The first-order valence-electron chi connectivity index (χ1n) is 7.66. The summed E-state index contributed by atoms with van der Waals surface area (Å²) in [5.74, 6) is 2.53. The van der Waals surface area contributed by atoms with Gasteiger partial charge in [-0.2, -0.15) is 0 Å². The summed E-state index contributed by atoms with van der Waals surface area (Å²) in [6.45, 7) is 2.07. The Morgan fingerprint density at radius 2 is 2.04 bits per heavy atom. The van der Waals surface area contributed by atoms with Crippen LogP contribution in [0.5, 0.6) is 0 Å². The molecule has 0 atom stereocenters. The van der Waals surface area contributed by atoms with Crippen molar-refractivity contribution in [3.05, 3.63) is 53.2 Å². The zero-order valence-corrected chi connectivity index (χ0v) is 15.3. The molecule has 0 saturated carbocycles. The molecule has 3 heterocycles. The van der Waals surface area contributed by atoms with Crippen molar-refractivity contribution in [1.82, 2.24) is 25.0 Å². The van der Waals surface area contributed by atoms with Gasteiger partial charge in [-0.25, -0.2) is 0 Å². The molecule has 3 aromatic heterocycles. The predicted octanol–water partition coefficient (Wildman–Crippen LogP) is 4.19. The summed E-state index contributed by atoms with van der Waals surface area (Å²) in [5, 5.41) is 19.6. The molecule has 25 heavy (non-hydrogen) atoms. The first-order chi connectivity index (χ1) is 12.2. The zero-order chi connectivity index (χ0) is 17.2. The predicted molar refractivity (Wildman–Crippen MR) is 98.3 cm³/mol. The van der Waals surface area contributed by atoms with E-state index in [2.05, 4.69) is 39.5 Å². The molecule has 1 aromatic carbocycles. The van der Waals surface area contributed by atoms with Gasteiger partial charge in [-0.05, 0) is 24.4 Å². The second kappa shape index (κ2) is 6.81. The fraction of sp³-hybridized carbons (Fsp3) is 0.176. The minimum absolute atomic E-state index is 0.554. The van der Waals surface area contributed by atoms with Crippen LogP contribution in [0, 0.1) is 6.92 Å². The van der Waals surface area contributed by atoms with Gasteiger partial charge in [-0.1, -0.05) is 41.6 Å². The van der Waals surface area contributed by atoms with E-state index in [4.69, 9.17) is 4.42 Å². The van der Waals surface area contributed by atoms with Crippen molar-refractivity contribution in [2.24, 2.45) is 7.05 Å². The van der Waals surface area contributed by atoms with Crippen LogP contribution in [0.25, 0.3) is 22.2 Å². The minimum Gasteiger partial charge on any atom is -0.419 e. The fourth-order valence-electron chi connectivity index (χ4n) is 2.41. The van der Waals surface area contributed by atoms with E-state index in [0.717, 1.165) is 21.4 Å². The lowest BCUT2D eigenvalue weighted by atomic mass is 10.1. The van der Waals surface area contributed by atoms with Crippen LogP contribution in [0.3, 0.4) is 0 Å². The fourth-order valence-corrected chi connectivity index (χ4v) is 3.81. The summed E-state index contributed by atoms with van der Waals surface area (Å²) >= 11 is 3.11. The number of thiophene rings is 1. The van der Waals surface area contributed by atoms with Gasteiger partial charge in [0.05, 0.1) is 10.6 Å². The van der Waals surface area contributed by atoms with E-state index in [0.29, 0.717) is 17.5 Å². The maximum Gasteiger partial charge on any atom is 0.257 e. The molecule has 0 amide bonds.